The Kier molecular flexibility index (Phi) is 4.48. The minimum atomic E-state index is 0.376. The number of hydrogen-bond acceptors (Lipinski definition) is 5. The van der Waals surface area contributed by atoms with Gasteiger partial charge >= 0.3 is 0 Å². The van der Waals surface area contributed by atoms with Crippen molar-refractivity contribution in [1.29, 1.82) is 0 Å². The molecule has 0 saturated heterocycles. The summed E-state index contributed by atoms with van der Waals surface area (Å²) in [6.07, 6.45) is 1.63. The third kappa shape index (κ3) is 3.29. The van der Waals surface area contributed by atoms with E-state index in [1.165, 1.54) is 0 Å². The molecule has 2 heterocycles. The Labute approximate surface area is 138 Å². The van der Waals surface area contributed by atoms with Crippen LogP contribution >= 0.6 is 11.6 Å². The van der Waals surface area contributed by atoms with Crippen molar-refractivity contribution in [1.82, 2.24) is 9.97 Å². The van der Waals surface area contributed by atoms with Gasteiger partial charge < -0.3 is 14.2 Å². The second-order valence-electron chi connectivity index (χ2n) is 4.79. The molecule has 3 rings (SSSR count). The summed E-state index contributed by atoms with van der Waals surface area (Å²) in [4.78, 5) is 8.63. The molecule has 1 aromatic carbocycles. The topological polar surface area (TPSA) is 53.5 Å². The number of pyridine rings is 2. The van der Waals surface area contributed by atoms with Crippen molar-refractivity contribution in [3.63, 3.8) is 0 Å². The lowest BCUT2D eigenvalue weighted by atomic mass is 10.2. The number of fused-ring (bicyclic) bond motifs is 1. The van der Waals surface area contributed by atoms with Gasteiger partial charge in [0, 0.05) is 12.3 Å². The van der Waals surface area contributed by atoms with E-state index in [1.54, 1.807) is 32.5 Å². The first kappa shape index (κ1) is 15.4. The summed E-state index contributed by atoms with van der Waals surface area (Å²) >= 11 is 6.13. The fourth-order valence-electron chi connectivity index (χ4n) is 2.14. The van der Waals surface area contributed by atoms with Crippen LogP contribution in [0.5, 0.6) is 17.4 Å². The third-order valence-corrected chi connectivity index (χ3v) is 3.65. The zero-order valence-electron chi connectivity index (χ0n) is 12.7. The molecule has 0 radical (unpaired) electrons. The van der Waals surface area contributed by atoms with E-state index < -0.39 is 0 Å². The van der Waals surface area contributed by atoms with E-state index in [0.717, 1.165) is 11.3 Å². The maximum atomic E-state index is 6.13. The standard InChI is InChI=1S/C17H15ClN2O3/c1-21-12-5-3-11(4-6-12)10-23-15-9-14-16(20-17(15)22-2)13(18)7-8-19-14/h3-9H,10H2,1-2H3. The van der Waals surface area contributed by atoms with Gasteiger partial charge in [-0.3, -0.25) is 4.98 Å². The zero-order valence-corrected chi connectivity index (χ0v) is 13.5. The summed E-state index contributed by atoms with van der Waals surface area (Å²) < 4.78 is 16.3. The second-order valence-corrected chi connectivity index (χ2v) is 5.20. The molecule has 0 N–H and O–H groups in total. The van der Waals surface area contributed by atoms with Gasteiger partial charge in [0.2, 0.25) is 0 Å². The minimum absolute atomic E-state index is 0.376. The molecule has 0 amide bonds. The van der Waals surface area contributed by atoms with E-state index in [0.29, 0.717) is 34.3 Å². The smallest absolute Gasteiger partial charge is 0.257 e. The molecule has 23 heavy (non-hydrogen) atoms. The van der Waals surface area contributed by atoms with Crippen molar-refractivity contribution < 1.29 is 14.2 Å². The predicted molar refractivity (Wildman–Crippen MR) is 88.4 cm³/mol. The molecular weight excluding hydrogens is 316 g/mol. The summed E-state index contributed by atoms with van der Waals surface area (Å²) in [5, 5.41) is 0.523. The summed E-state index contributed by atoms with van der Waals surface area (Å²) in [5.74, 6) is 1.70. The van der Waals surface area contributed by atoms with Gasteiger partial charge in [-0.05, 0) is 23.8 Å². The molecule has 0 aliphatic heterocycles. The maximum absolute atomic E-state index is 6.13. The Bertz CT molecular complexity index is 822. The number of aromatic nitrogens is 2. The van der Waals surface area contributed by atoms with E-state index in [9.17, 15) is 0 Å². The van der Waals surface area contributed by atoms with Gasteiger partial charge in [0.15, 0.2) is 5.75 Å². The van der Waals surface area contributed by atoms with Crippen molar-refractivity contribution >= 4 is 22.6 Å². The van der Waals surface area contributed by atoms with E-state index in [4.69, 9.17) is 25.8 Å². The number of nitrogens with zero attached hydrogens (tertiary/aromatic N) is 2. The largest absolute Gasteiger partial charge is 0.497 e. The van der Waals surface area contributed by atoms with Crippen LogP contribution in [0, 0.1) is 0 Å². The first-order valence-electron chi connectivity index (χ1n) is 6.96. The molecule has 118 valence electrons. The van der Waals surface area contributed by atoms with Crippen molar-refractivity contribution in [2.24, 2.45) is 0 Å². The number of benzene rings is 1. The lowest BCUT2D eigenvalue weighted by Gasteiger charge is -2.11. The van der Waals surface area contributed by atoms with Crippen LogP contribution in [-0.2, 0) is 6.61 Å². The number of hydrogen-bond donors (Lipinski definition) is 0. The Hall–Kier alpha value is -2.53. The van der Waals surface area contributed by atoms with E-state index in [2.05, 4.69) is 9.97 Å². The molecule has 0 bridgehead atoms. The normalized spacial score (nSPS) is 10.6. The van der Waals surface area contributed by atoms with Gasteiger partial charge in [0.05, 0.1) is 24.8 Å². The van der Waals surface area contributed by atoms with Gasteiger partial charge in [-0.1, -0.05) is 23.7 Å². The van der Waals surface area contributed by atoms with Crippen LogP contribution in [0.4, 0.5) is 0 Å². The van der Waals surface area contributed by atoms with Gasteiger partial charge in [-0.15, -0.1) is 0 Å². The Morgan fingerprint density at radius 1 is 1.04 bits per heavy atom. The Morgan fingerprint density at radius 2 is 1.83 bits per heavy atom. The highest BCUT2D eigenvalue weighted by atomic mass is 35.5. The van der Waals surface area contributed by atoms with E-state index in [-0.39, 0.29) is 0 Å². The SMILES string of the molecule is COc1ccc(COc2cc3nccc(Cl)c3nc2OC)cc1. The quantitative estimate of drug-likeness (QED) is 0.710. The van der Waals surface area contributed by atoms with Crippen LogP contribution in [0.2, 0.25) is 5.02 Å². The number of methoxy groups -OCH3 is 2. The van der Waals surface area contributed by atoms with Crippen LogP contribution < -0.4 is 14.2 Å². The highest BCUT2D eigenvalue weighted by Crippen LogP contribution is 2.31. The average Bonchev–Trinajstić information content (AvgIpc) is 2.60. The van der Waals surface area contributed by atoms with Crippen LogP contribution in [-0.4, -0.2) is 24.2 Å². The summed E-state index contributed by atoms with van der Waals surface area (Å²) in [6, 6.07) is 11.1. The molecule has 2 aromatic heterocycles. The van der Waals surface area contributed by atoms with E-state index >= 15 is 0 Å². The zero-order chi connectivity index (χ0) is 16.2. The molecule has 6 heteroatoms. The molecule has 5 nitrogen and oxygen atoms in total. The van der Waals surface area contributed by atoms with Crippen molar-refractivity contribution in [2.75, 3.05) is 14.2 Å². The fraction of sp³-hybridized carbons (Fsp3) is 0.176. The van der Waals surface area contributed by atoms with Crippen LogP contribution in [0.15, 0.2) is 42.6 Å². The van der Waals surface area contributed by atoms with Crippen molar-refractivity contribution in [2.45, 2.75) is 6.61 Å². The maximum Gasteiger partial charge on any atom is 0.257 e. The predicted octanol–water partition coefficient (Wildman–Crippen LogP) is 3.88. The molecule has 0 atom stereocenters. The molecule has 0 aliphatic rings. The molecule has 0 aliphatic carbocycles. The number of ether oxygens (including phenoxy) is 3. The van der Waals surface area contributed by atoms with Gasteiger partial charge in [-0.2, -0.15) is 0 Å². The minimum Gasteiger partial charge on any atom is -0.497 e. The summed E-state index contributed by atoms with van der Waals surface area (Å²) in [7, 11) is 3.17. The van der Waals surface area contributed by atoms with Gasteiger partial charge in [0.25, 0.3) is 5.88 Å². The highest BCUT2D eigenvalue weighted by molar-refractivity contribution is 6.34. The van der Waals surface area contributed by atoms with Crippen LogP contribution in [0.3, 0.4) is 0 Å². The molecule has 0 saturated carbocycles. The third-order valence-electron chi connectivity index (χ3n) is 3.34. The number of halogens is 1. The molecule has 0 fully saturated rings. The molecule has 3 aromatic rings. The van der Waals surface area contributed by atoms with Crippen LogP contribution in [0.25, 0.3) is 11.0 Å². The lowest BCUT2D eigenvalue weighted by Crippen LogP contribution is -2.00. The Morgan fingerprint density at radius 3 is 2.52 bits per heavy atom. The molecule has 0 unspecified atom stereocenters. The van der Waals surface area contributed by atoms with Crippen molar-refractivity contribution in [3.8, 4) is 17.4 Å². The first-order chi connectivity index (χ1) is 11.2. The lowest BCUT2D eigenvalue weighted by molar-refractivity contribution is 0.280. The average molecular weight is 331 g/mol. The molecule has 0 spiro atoms. The van der Waals surface area contributed by atoms with E-state index in [1.807, 2.05) is 24.3 Å². The molecular formula is C17H15ClN2O3. The van der Waals surface area contributed by atoms with Crippen molar-refractivity contribution in [3.05, 3.63) is 53.2 Å². The summed E-state index contributed by atoms with van der Waals surface area (Å²) in [5.41, 5.74) is 2.25. The van der Waals surface area contributed by atoms with Gasteiger partial charge in [-0.25, -0.2) is 4.98 Å². The first-order valence-corrected chi connectivity index (χ1v) is 7.34. The fourth-order valence-corrected chi connectivity index (χ4v) is 2.33. The van der Waals surface area contributed by atoms with Gasteiger partial charge in [0.1, 0.15) is 17.9 Å². The number of rotatable bonds is 5. The Balaban J connectivity index is 1.86. The van der Waals surface area contributed by atoms with Crippen LogP contribution in [0.1, 0.15) is 5.56 Å². The highest BCUT2D eigenvalue weighted by Gasteiger charge is 2.12. The second kappa shape index (κ2) is 6.71. The summed E-state index contributed by atoms with van der Waals surface area (Å²) in [6.45, 7) is 0.383. The monoisotopic (exact) mass is 330 g/mol.